The van der Waals surface area contributed by atoms with Gasteiger partial charge in [0, 0.05) is 52.1 Å². The van der Waals surface area contributed by atoms with Crippen LogP contribution >= 0.6 is 11.3 Å². The van der Waals surface area contributed by atoms with E-state index < -0.39 is 5.97 Å². The number of para-hydroxylation sites is 1. The Hall–Kier alpha value is -4.12. The summed E-state index contributed by atoms with van der Waals surface area (Å²) in [5.74, 6) is -0.0940. The Kier molecular flexibility index (Phi) is 23.9. The van der Waals surface area contributed by atoms with Crippen LogP contribution in [0, 0.1) is 6.92 Å². The van der Waals surface area contributed by atoms with Crippen LogP contribution in [-0.2, 0) is 9.53 Å². The second kappa shape index (κ2) is 26.3. The van der Waals surface area contributed by atoms with Crippen LogP contribution in [0.15, 0.2) is 66.2 Å². The highest BCUT2D eigenvalue weighted by Crippen LogP contribution is 2.25. The quantitative estimate of drug-likeness (QED) is 0.0895. The van der Waals surface area contributed by atoms with E-state index in [4.69, 9.17) is 9.84 Å². The highest BCUT2D eigenvalue weighted by atomic mass is 32.1. The summed E-state index contributed by atoms with van der Waals surface area (Å²) < 4.78 is 6.09. The number of thiophene rings is 1. The summed E-state index contributed by atoms with van der Waals surface area (Å²) in [5.41, 5.74) is 4.28. The highest BCUT2D eigenvalue weighted by molar-refractivity contribution is 7.17. The molecule has 4 N–H and O–H groups in total. The summed E-state index contributed by atoms with van der Waals surface area (Å²) in [6.07, 6.45) is 5.52. The van der Waals surface area contributed by atoms with E-state index in [9.17, 15) is 14.4 Å². The number of anilines is 3. The molecule has 2 aromatic heterocycles. The molecule has 246 valence electrons. The normalized spacial score (nSPS) is 9.40. The van der Waals surface area contributed by atoms with Crippen LogP contribution in [0.2, 0.25) is 0 Å². The van der Waals surface area contributed by atoms with Gasteiger partial charge in [-0.15, -0.1) is 11.3 Å². The number of carboxylic acids is 1. The maximum atomic E-state index is 10.7. The fraction of sp³-hybridized carbons (Fsp3) is 0.371. The summed E-state index contributed by atoms with van der Waals surface area (Å²) in [7, 11) is 3.76. The monoisotopic (exact) mass is 638 g/mol. The molecule has 4 rings (SSSR count). The number of aromatic nitrogens is 1. The Morgan fingerprint density at radius 2 is 1.64 bits per heavy atom. The minimum absolute atomic E-state index is 0.111. The first kappa shape index (κ1) is 40.9. The number of carbonyl (C=O) groups is 3. The molecule has 0 amide bonds. The Bertz CT molecular complexity index is 1380. The lowest BCUT2D eigenvalue weighted by Gasteiger charge is -2.12. The van der Waals surface area contributed by atoms with Crippen molar-refractivity contribution >= 4 is 57.2 Å². The van der Waals surface area contributed by atoms with Gasteiger partial charge in [-0.05, 0) is 57.1 Å². The third-order valence-electron chi connectivity index (χ3n) is 5.66. The number of aldehydes is 2. The lowest BCUT2D eigenvalue weighted by molar-refractivity contribution is -0.138. The molecule has 0 saturated heterocycles. The zero-order valence-electron chi connectivity index (χ0n) is 27.7. The Balaban J connectivity index is 0.000000617. The smallest absolute Gasteiger partial charge is 0.305 e. The van der Waals surface area contributed by atoms with Gasteiger partial charge in [-0.3, -0.25) is 14.4 Å². The average Bonchev–Trinajstić information content (AvgIpc) is 3.50. The summed E-state index contributed by atoms with van der Waals surface area (Å²) in [6, 6.07) is 17.7. The molecular formula is C35H50N4O5S. The van der Waals surface area contributed by atoms with Gasteiger partial charge in [-0.2, -0.15) is 0 Å². The molecule has 0 unspecified atom stereocenters. The number of hydrogen-bond acceptors (Lipinski definition) is 9. The zero-order chi connectivity index (χ0) is 33.9. The van der Waals surface area contributed by atoms with Gasteiger partial charge in [0.25, 0.3) is 0 Å². The van der Waals surface area contributed by atoms with Crippen LogP contribution in [-0.4, -0.2) is 62.5 Å². The van der Waals surface area contributed by atoms with Crippen molar-refractivity contribution in [3.8, 4) is 0 Å². The predicted octanol–water partition coefficient (Wildman–Crippen LogP) is 8.23. The minimum atomic E-state index is -0.800. The average molecular weight is 639 g/mol. The third-order valence-corrected chi connectivity index (χ3v) is 6.64. The molecule has 2 heterocycles. The number of hydrogen-bond donors (Lipinski definition) is 4. The van der Waals surface area contributed by atoms with E-state index in [-0.39, 0.29) is 6.42 Å². The van der Waals surface area contributed by atoms with E-state index in [1.165, 1.54) is 11.1 Å². The maximum Gasteiger partial charge on any atom is 0.305 e. The van der Waals surface area contributed by atoms with Gasteiger partial charge in [-0.1, -0.05) is 64.1 Å². The van der Waals surface area contributed by atoms with Crippen molar-refractivity contribution < 1.29 is 24.2 Å². The van der Waals surface area contributed by atoms with E-state index in [1.807, 2.05) is 88.7 Å². The number of aliphatic carboxylic acids is 1. The number of aryl methyl sites for hydroxylation is 1. The first-order valence-electron chi connectivity index (χ1n) is 15.2. The largest absolute Gasteiger partial charge is 0.481 e. The van der Waals surface area contributed by atoms with Crippen LogP contribution < -0.4 is 16.0 Å². The van der Waals surface area contributed by atoms with Crippen molar-refractivity contribution in [3.05, 3.63) is 82.9 Å². The predicted molar refractivity (Wildman–Crippen MR) is 190 cm³/mol. The number of fused-ring (bicyclic) bond motifs is 1. The highest BCUT2D eigenvalue weighted by Gasteiger charge is 2.06. The van der Waals surface area contributed by atoms with E-state index in [1.54, 1.807) is 30.6 Å². The van der Waals surface area contributed by atoms with E-state index >= 15 is 0 Å². The lowest BCUT2D eigenvalue weighted by Crippen LogP contribution is -2.04. The molecule has 0 aliphatic heterocycles. The number of nitrogens with one attached hydrogen (secondary N) is 3. The van der Waals surface area contributed by atoms with Crippen molar-refractivity contribution in [2.24, 2.45) is 0 Å². The molecule has 0 radical (unpaired) electrons. The van der Waals surface area contributed by atoms with E-state index in [0.717, 1.165) is 53.4 Å². The molecule has 0 aliphatic carbocycles. The molecule has 45 heavy (non-hydrogen) atoms. The van der Waals surface area contributed by atoms with Crippen molar-refractivity contribution in [1.82, 2.24) is 10.3 Å². The van der Waals surface area contributed by atoms with Crippen LogP contribution in [0.3, 0.4) is 0 Å². The van der Waals surface area contributed by atoms with Gasteiger partial charge in [-0.25, -0.2) is 4.98 Å². The lowest BCUT2D eigenvalue weighted by atomic mass is 10.2. The van der Waals surface area contributed by atoms with E-state index in [2.05, 4.69) is 27.9 Å². The number of carbonyl (C=O) groups excluding carboxylic acids is 2. The van der Waals surface area contributed by atoms with Gasteiger partial charge < -0.3 is 25.8 Å². The van der Waals surface area contributed by atoms with E-state index in [0.29, 0.717) is 24.6 Å². The van der Waals surface area contributed by atoms with Crippen LogP contribution in [0.5, 0.6) is 0 Å². The molecule has 2 aromatic carbocycles. The van der Waals surface area contributed by atoms with Crippen molar-refractivity contribution in [1.29, 1.82) is 0 Å². The standard InChI is InChI=1S/C14H15N3O.C9H6OS.C6H12O3.C4H11N.C2H6/c1-10-5-3-4-6-12(10)17-14-13(15-2)7-11(9-18)8-16-14;10-5-7-6-11-9-4-2-1-3-8(7)9;1-2-4-9-5-3-6(7)8;1-3-4-5-2;1-2/h3-9,15H,1-2H3,(H,16,17);1-6H;2-5H2,1H3,(H,7,8);5H,3-4H2,1-2H3;1-2H3. The van der Waals surface area contributed by atoms with Crippen LogP contribution in [0.4, 0.5) is 17.2 Å². The number of carboxylic acid groups (broad SMARTS) is 1. The van der Waals surface area contributed by atoms with Crippen molar-refractivity contribution in [2.75, 3.05) is 44.5 Å². The summed E-state index contributed by atoms with van der Waals surface area (Å²) in [4.78, 5) is 35.3. The van der Waals surface area contributed by atoms with Gasteiger partial charge in [0.15, 0.2) is 18.4 Å². The second-order valence-electron chi connectivity index (χ2n) is 9.14. The number of pyridine rings is 1. The molecular weight excluding hydrogens is 588 g/mol. The maximum absolute atomic E-state index is 10.7. The first-order valence-corrected chi connectivity index (χ1v) is 16.0. The Morgan fingerprint density at radius 3 is 2.20 bits per heavy atom. The molecule has 4 aromatic rings. The third kappa shape index (κ3) is 17.1. The van der Waals surface area contributed by atoms with Crippen molar-refractivity contribution in [2.45, 2.75) is 53.9 Å². The number of ether oxygens (including phenoxy) is 1. The van der Waals surface area contributed by atoms with Crippen LogP contribution in [0.25, 0.3) is 10.1 Å². The molecule has 9 nitrogen and oxygen atoms in total. The minimum Gasteiger partial charge on any atom is -0.481 e. The zero-order valence-corrected chi connectivity index (χ0v) is 28.5. The first-order chi connectivity index (χ1) is 21.8. The SMILES string of the molecule is CC.CCCNC.CCCOCCC(=O)O.CNc1cc(C=O)cnc1Nc1ccccc1C.O=Cc1csc2ccccc12. The fourth-order valence-electron chi connectivity index (χ4n) is 3.42. The number of benzene rings is 2. The van der Waals surface area contributed by atoms with Gasteiger partial charge in [0.1, 0.15) is 0 Å². The topological polar surface area (TPSA) is 130 Å². The fourth-order valence-corrected chi connectivity index (χ4v) is 4.33. The van der Waals surface area contributed by atoms with Crippen LogP contribution in [0.1, 0.15) is 73.2 Å². The molecule has 0 atom stereocenters. The molecule has 10 heteroatoms. The summed E-state index contributed by atoms with van der Waals surface area (Å²) in [5, 5.41) is 20.4. The summed E-state index contributed by atoms with van der Waals surface area (Å²) >= 11 is 1.61. The molecule has 0 aliphatic rings. The Labute approximate surface area is 272 Å². The molecule has 0 bridgehead atoms. The van der Waals surface area contributed by atoms with Crippen molar-refractivity contribution in [3.63, 3.8) is 0 Å². The Morgan fingerprint density at radius 1 is 0.956 bits per heavy atom. The van der Waals surface area contributed by atoms with Gasteiger partial charge >= 0.3 is 5.97 Å². The summed E-state index contributed by atoms with van der Waals surface area (Å²) in [6.45, 7) is 12.3. The molecule has 0 spiro atoms. The van der Waals surface area contributed by atoms with Gasteiger partial charge in [0.05, 0.1) is 18.7 Å². The molecule has 0 fully saturated rings. The van der Waals surface area contributed by atoms with Gasteiger partial charge in [0.2, 0.25) is 0 Å². The second-order valence-corrected chi connectivity index (χ2v) is 10.0. The molecule has 0 saturated carbocycles. The number of nitrogens with zero attached hydrogens (tertiary/aromatic N) is 1. The number of rotatable bonds is 12.